The number of imidazole rings is 1. The highest BCUT2D eigenvalue weighted by Gasteiger charge is 2.16. The fourth-order valence-corrected chi connectivity index (χ4v) is 3.69. The van der Waals surface area contributed by atoms with E-state index >= 15 is 0 Å². The molecule has 4 heteroatoms. The largest absolute Gasteiger partial charge is 0.489 e. The summed E-state index contributed by atoms with van der Waals surface area (Å²) in [4.78, 5) is 4.31. The fraction of sp³-hybridized carbons (Fsp3) is 0.348. The van der Waals surface area contributed by atoms with Crippen LogP contribution in [0.2, 0.25) is 0 Å². The number of nitrogens with zero attached hydrogens (tertiary/aromatic N) is 2. The van der Waals surface area contributed by atoms with Crippen LogP contribution in [0.25, 0.3) is 5.69 Å². The van der Waals surface area contributed by atoms with Crippen LogP contribution in [0.4, 0.5) is 0 Å². The maximum atomic E-state index is 6.06. The van der Waals surface area contributed by atoms with E-state index in [-0.39, 0.29) is 6.10 Å². The second-order valence-electron chi connectivity index (χ2n) is 7.18. The summed E-state index contributed by atoms with van der Waals surface area (Å²) in [6.07, 6.45) is 7.53. The number of hydrogen-bond donors (Lipinski definition) is 0. The van der Waals surface area contributed by atoms with Crippen molar-refractivity contribution in [1.82, 2.24) is 9.55 Å². The van der Waals surface area contributed by atoms with Crippen molar-refractivity contribution in [3.63, 3.8) is 0 Å². The Morgan fingerprint density at radius 1 is 1.15 bits per heavy atom. The molecule has 1 aliphatic heterocycles. The Kier molecular flexibility index (Phi) is 5.26. The predicted octanol–water partition coefficient (Wildman–Crippen LogP) is 5.31. The minimum Gasteiger partial charge on any atom is -0.489 e. The minimum atomic E-state index is 0.210. The first-order valence-electron chi connectivity index (χ1n) is 9.65. The smallest absolute Gasteiger partial charge is 0.120 e. The zero-order chi connectivity index (χ0) is 18.6. The Hall–Kier alpha value is -2.59. The number of aromatic nitrogens is 2. The topological polar surface area (TPSA) is 36.3 Å². The van der Waals surface area contributed by atoms with Gasteiger partial charge < -0.3 is 14.0 Å². The van der Waals surface area contributed by atoms with Crippen molar-refractivity contribution < 1.29 is 9.47 Å². The number of rotatable bonds is 5. The van der Waals surface area contributed by atoms with E-state index in [1.807, 2.05) is 25.4 Å². The van der Waals surface area contributed by atoms with Crippen LogP contribution in [0.3, 0.4) is 0 Å². The van der Waals surface area contributed by atoms with Crippen LogP contribution in [0.5, 0.6) is 5.75 Å². The van der Waals surface area contributed by atoms with Gasteiger partial charge in [-0.15, -0.1) is 0 Å². The molecule has 27 heavy (non-hydrogen) atoms. The highest BCUT2D eigenvalue weighted by Crippen LogP contribution is 2.30. The van der Waals surface area contributed by atoms with Gasteiger partial charge in [-0.25, -0.2) is 4.98 Å². The summed E-state index contributed by atoms with van der Waals surface area (Å²) in [6, 6.07) is 14.8. The normalized spacial score (nSPS) is 17.0. The molecule has 1 unspecified atom stereocenters. The first kappa shape index (κ1) is 17.8. The van der Waals surface area contributed by atoms with Crippen LogP contribution in [-0.2, 0) is 11.3 Å². The summed E-state index contributed by atoms with van der Waals surface area (Å²) >= 11 is 0. The first-order chi connectivity index (χ1) is 13.2. The Balaban J connectivity index is 1.44. The van der Waals surface area contributed by atoms with Crippen molar-refractivity contribution in [3.8, 4) is 11.4 Å². The Labute approximate surface area is 160 Å². The highest BCUT2D eigenvalue weighted by atomic mass is 16.5. The molecule has 0 spiro atoms. The van der Waals surface area contributed by atoms with Gasteiger partial charge in [0, 0.05) is 24.7 Å². The van der Waals surface area contributed by atoms with Crippen molar-refractivity contribution in [2.24, 2.45) is 0 Å². The van der Waals surface area contributed by atoms with Gasteiger partial charge in [-0.2, -0.15) is 0 Å². The summed E-state index contributed by atoms with van der Waals surface area (Å²) in [5.74, 6) is 1.89. The van der Waals surface area contributed by atoms with Gasteiger partial charge in [0.25, 0.3) is 0 Å². The zero-order valence-electron chi connectivity index (χ0n) is 16.0. The molecule has 1 aromatic heterocycles. The molecule has 0 saturated carbocycles. The fourth-order valence-electron chi connectivity index (χ4n) is 3.69. The van der Waals surface area contributed by atoms with Gasteiger partial charge >= 0.3 is 0 Å². The molecule has 140 valence electrons. The predicted molar refractivity (Wildman–Crippen MR) is 106 cm³/mol. The lowest BCUT2D eigenvalue weighted by atomic mass is 10.0. The van der Waals surface area contributed by atoms with Crippen molar-refractivity contribution in [3.05, 3.63) is 77.4 Å². The molecule has 0 amide bonds. The molecule has 2 heterocycles. The van der Waals surface area contributed by atoms with Gasteiger partial charge in [0.05, 0.1) is 6.10 Å². The van der Waals surface area contributed by atoms with Gasteiger partial charge in [0.1, 0.15) is 18.2 Å². The van der Waals surface area contributed by atoms with Crippen LogP contribution >= 0.6 is 0 Å². The molecular weight excluding hydrogens is 336 g/mol. The third-order valence-corrected chi connectivity index (χ3v) is 5.16. The molecule has 3 aromatic rings. The summed E-state index contributed by atoms with van der Waals surface area (Å²) in [5, 5.41) is 0. The third-order valence-electron chi connectivity index (χ3n) is 5.16. The Morgan fingerprint density at radius 3 is 2.81 bits per heavy atom. The monoisotopic (exact) mass is 362 g/mol. The average Bonchev–Trinajstić information content (AvgIpc) is 3.13. The van der Waals surface area contributed by atoms with Crippen LogP contribution in [0.1, 0.15) is 47.9 Å². The van der Waals surface area contributed by atoms with Crippen LogP contribution in [-0.4, -0.2) is 16.2 Å². The molecule has 0 bridgehead atoms. The first-order valence-corrected chi connectivity index (χ1v) is 9.65. The summed E-state index contributed by atoms with van der Waals surface area (Å²) < 4.78 is 14.1. The van der Waals surface area contributed by atoms with Gasteiger partial charge in [-0.1, -0.05) is 24.3 Å². The number of benzene rings is 2. The van der Waals surface area contributed by atoms with E-state index in [4.69, 9.17) is 9.47 Å². The maximum Gasteiger partial charge on any atom is 0.120 e. The standard InChI is InChI=1S/C23H26N2O2/c1-17-14-19(9-10-22(17)25-12-11-24-18(25)2)16-27-21-7-5-6-20(15-21)23-8-3-4-13-26-23/h5-7,9-12,14-15,23H,3-4,8,13,16H2,1-2H3. The summed E-state index contributed by atoms with van der Waals surface area (Å²) in [7, 11) is 0. The lowest BCUT2D eigenvalue weighted by molar-refractivity contribution is 0.0148. The van der Waals surface area contributed by atoms with E-state index in [2.05, 4.69) is 52.9 Å². The maximum absolute atomic E-state index is 6.06. The van der Waals surface area contributed by atoms with Crippen LogP contribution < -0.4 is 4.74 Å². The van der Waals surface area contributed by atoms with Crippen molar-refractivity contribution in [2.75, 3.05) is 6.61 Å². The van der Waals surface area contributed by atoms with E-state index < -0.39 is 0 Å². The second-order valence-corrected chi connectivity index (χ2v) is 7.18. The second kappa shape index (κ2) is 7.97. The van der Waals surface area contributed by atoms with Gasteiger partial charge in [-0.05, 0) is 68.0 Å². The lowest BCUT2D eigenvalue weighted by Crippen LogP contribution is -2.11. The van der Waals surface area contributed by atoms with E-state index in [9.17, 15) is 0 Å². The molecule has 0 aliphatic carbocycles. The molecule has 4 nitrogen and oxygen atoms in total. The van der Waals surface area contributed by atoms with Crippen LogP contribution in [0, 0.1) is 13.8 Å². The van der Waals surface area contributed by atoms with E-state index in [0.29, 0.717) is 6.61 Å². The molecule has 4 rings (SSSR count). The van der Waals surface area contributed by atoms with Crippen LogP contribution in [0.15, 0.2) is 54.9 Å². The third kappa shape index (κ3) is 4.06. The van der Waals surface area contributed by atoms with E-state index in [1.165, 1.54) is 24.0 Å². The average molecular weight is 362 g/mol. The quantitative estimate of drug-likeness (QED) is 0.617. The van der Waals surface area contributed by atoms with Crippen molar-refractivity contribution >= 4 is 0 Å². The lowest BCUT2D eigenvalue weighted by Gasteiger charge is -2.23. The highest BCUT2D eigenvalue weighted by molar-refractivity contribution is 5.43. The van der Waals surface area contributed by atoms with Crippen molar-refractivity contribution in [2.45, 2.75) is 45.8 Å². The molecule has 1 fully saturated rings. The van der Waals surface area contributed by atoms with E-state index in [0.717, 1.165) is 35.9 Å². The molecule has 0 N–H and O–H groups in total. The minimum absolute atomic E-state index is 0.210. The molecule has 1 aliphatic rings. The Morgan fingerprint density at radius 2 is 2.07 bits per heavy atom. The van der Waals surface area contributed by atoms with E-state index in [1.54, 1.807) is 0 Å². The Bertz CT molecular complexity index is 910. The number of aryl methyl sites for hydroxylation is 2. The molecule has 1 atom stereocenters. The van der Waals surface area contributed by atoms with Gasteiger partial charge in [-0.3, -0.25) is 0 Å². The molecule has 1 saturated heterocycles. The molecule has 0 radical (unpaired) electrons. The molecule has 2 aromatic carbocycles. The SMILES string of the molecule is Cc1cc(COc2cccc(C3CCCCO3)c2)ccc1-n1ccnc1C. The zero-order valence-corrected chi connectivity index (χ0v) is 16.0. The van der Waals surface area contributed by atoms with Gasteiger partial charge in [0.2, 0.25) is 0 Å². The van der Waals surface area contributed by atoms with Crippen molar-refractivity contribution in [1.29, 1.82) is 0 Å². The van der Waals surface area contributed by atoms with Gasteiger partial charge in [0.15, 0.2) is 0 Å². The number of ether oxygens (including phenoxy) is 2. The summed E-state index contributed by atoms with van der Waals surface area (Å²) in [5.41, 5.74) is 4.74. The molecular formula is C23H26N2O2. The summed E-state index contributed by atoms with van der Waals surface area (Å²) in [6.45, 7) is 5.55. The number of hydrogen-bond acceptors (Lipinski definition) is 3.